The quantitative estimate of drug-likeness (QED) is 0.253. The molecule has 1 heterocycles. The van der Waals surface area contributed by atoms with Crippen molar-refractivity contribution in [3.63, 3.8) is 0 Å². The fraction of sp³-hybridized carbons (Fsp3) is 0.800. The van der Waals surface area contributed by atoms with Gasteiger partial charge in [-0.05, 0) is 5.15 Å². The minimum Gasteiger partial charge on any atom is -0.198 e. The molecule has 1 aliphatic rings. The van der Waals surface area contributed by atoms with E-state index < -0.39 is 0 Å². The average Bonchev–Trinajstić information content (AvgIpc) is 3.16. The summed E-state index contributed by atoms with van der Waals surface area (Å²) >= 11 is 1.92. The first-order valence-electron chi connectivity index (χ1n) is 6.42. The van der Waals surface area contributed by atoms with Crippen LogP contribution in [-0.4, -0.2) is 95.9 Å². The monoisotopic (exact) mass is 245 g/mol. The Morgan fingerprint density at radius 1 is 1.11 bits per heavy atom. The molecule has 1 fully saturated rings. The van der Waals surface area contributed by atoms with Crippen LogP contribution in [0.1, 0.15) is 6.42 Å². The molecule has 0 aromatic heterocycles. The Balaban J connectivity index is 1.74. The molecular weight excluding hydrogens is 236 g/mol. The zero-order valence-corrected chi connectivity index (χ0v) is 11.8. The van der Waals surface area contributed by atoms with Crippen LogP contribution >= 0.6 is 11.8 Å². The molecular formula is C5H7B12NS. The van der Waals surface area contributed by atoms with Gasteiger partial charge in [0.1, 0.15) is 6.60 Å². The van der Waals surface area contributed by atoms with E-state index in [1.165, 1.54) is 13.4 Å². The summed E-state index contributed by atoms with van der Waals surface area (Å²) in [6.07, 6.45) is 1.92. The lowest BCUT2D eigenvalue weighted by molar-refractivity contribution is 1.24. The maximum atomic E-state index is 8.45. The van der Waals surface area contributed by atoms with Crippen LogP contribution in [-0.2, 0) is 0 Å². The van der Waals surface area contributed by atoms with E-state index in [-0.39, 0.29) is 0 Å². The molecule has 0 spiro atoms. The van der Waals surface area contributed by atoms with Crippen molar-refractivity contribution in [3.05, 3.63) is 0 Å². The molecule has 0 aromatic rings. The molecule has 0 amide bonds. The molecule has 0 bridgehead atoms. The van der Waals surface area contributed by atoms with Crippen molar-refractivity contribution in [1.29, 1.82) is 5.26 Å². The third kappa shape index (κ3) is 10.1. The Kier molecular flexibility index (Phi) is 11.5. The molecule has 0 aliphatic carbocycles. The summed E-state index contributed by atoms with van der Waals surface area (Å²) in [4.78, 5) is 0. The smallest absolute Gasteiger partial charge is 0.106 e. The second kappa shape index (κ2) is 12.4. The highest BCUT2D eigenvalue weighted by Gasteiger charge is 2.38. The zero-order chi connectivity index (χ0) is 13.8. The minimum absolute atomic E-state index is 0.662. The van der Waals surface area contributed by atoms with Crippen LogP contribution in [0.15, 0.2) is 0 Å². The van der Waals surface area contributed by atoms with E-state index in [9.17, 15) is 0 Å². The van der Waals surface area contributed by atoms with Gasteiger partial charge in [0.25, 0.3) is 0 Å². The van der Waals surface area contributed by atoms with Crippen LogP contribution in [0, 0.1) is 11.3 Å². The summed E-state index contributed by atoms with van der Waals surface area (Å²) in [6.45, 7) is 0.701. The molecule has 1 atom stereocenters. The first-order valence-corrected chi connectivity index (χ1v) is 7.47. The molecule has 1 saturated heterocycles. The molecule has 0 saturated carbocycles. The van der Waals surface area contributed by atoms with Crippen LogP contribution in [0.3, 0.4) is 0 Å². The molecule has 0 aromatic carbocycles. The second-order valence-corrected chi connectivity index (χ2v) is 5.49. The van der Waals surface area contributed by atoms with Crippen LogP contribution in [0.5, 0.6) is 0 Å². The number of hydrogen-bond donors (Lipinski definition) is 0. The van der Waals surface area contributed by atoms with E-state index in [0.717, 1.165) is 10.9 Å². The SMILES string of the molecule is [B][B][B][B][B][B][B][B][B][B][B]B1CC1SCCC#N. The van der Waals surface area contributed by atoms with Crippen molar-refractivity contribution in [2.75, 3.05) is 5.75 Å². The summed E-state index contributed by atoms with van der Waals surface area (Å²) in [7, 11) is 24.6. The van der Waals surface area contributed by atoms with E-state index >= 15 is 0 Å². The Bertz CT molecular complexity index is 261. The third-order valence-electron chi connectivity index (χ3n) is 2.57. The average molecular weight is 243 g/mol. The minimum atomic E-state index is 0.662. The first kappa shape index (κ1) is 17.7. The van der Waals surface area contributed by atoms with E-state index in [2.05, 4.69) is 20.2 Å². The first-order chi connectivity index (χ1) is 9.38. The summed E-state index contributed by atoms with van der Waals surface area (Å²) in [6, 6.07) is 2.18. The molecule has 1 aliphatic heterocycles. The van der Waals surface area contributed by atoms with Crippen molar-refractivity contribution in [2.45, 2.75) is 17.9 Å². The van der Waals surface area contributed by atoms with Crippen molar-refractivity contribution >= 4 is 96.7 Å². The highest BCUT2D eigenvalue weighted by atomic mass is 32.2. The molecule has 14 heteroatoms. The number of nitriles is 1. The topological polar surface area (TPSA) is 23.8 Å². The lowest BCUT2D eigenvalue weighted by Crippen LogP contribution is -2.34. The number of hydrogen-bond acceptors (Lipinski definition) is 2. The predicted molar refractivity (Wildman–Crippen MR) is 100 cm³/mol. The van der Waals surface area contributed by atoms with E-state index in [0.29, 0.717) is 13.0 Å². The maximum Gasteiger partial charge on any atom is 0.106 e. The Labute approximate surface area is 131 Å². The van der Waals surface area contributed by atoms with Crippen molar-refractivity contribution in [3.8, 4) is 6.07 Å². The van der Waals surface area contributed by atoms with Gasteiger partial charge >= 0.3 is 0 Å². The third-order valence-corrected chi connectivity index (χ3v) is 3.98. The summed E-state index contributed by atoms with van der Waals surface area (Å²) in [5.74, 6) is 0.966. The molecule has 0 N–H and O–H groups in total. The molecule has 1 rings (SSSR count). The fourth-order valence-electron chi connectivity index (χ4n) is 1.50. The Morgan fingerprint density at radius 2 is 1.74 bits per heavy atom. The highest BCUT2D eigenvalue weighted by Crippen LogP contribution is 2.33. The normalized spacial score (nSPS) is 15.3. The van der Waals surface area contributed by atoms with Gasteiger partial charge in [-0.1, -0.05) is 6.32 Å². The maximum absolute atomic E-state index is 8.45. The van der Waals surface area contributed by atoms with Crippen LogP contribution in [0.4, 0.5) is 0 Å². The molecule has 1 unspecified atom stereocenters. The van der Waals surface area contributed by atoms with Gasteiger partial charge in [0, 0.05) is 90.5 Å². The summed E-state index contributed by atoms with van der Waals surface area (Å²) < 4.78 is 0. The zero-order valence-electron chi connectivity index (χ0n) is 11.0. The number of rotatable bonds is 13. The predicted octanol–water partition coefficient (Wildman–Crippen LogP) is -3.09. The van der Waals surface area contributed by atoms with Crippen LogP contribution in [0.25, 0.3) is 0 Å². The Hall–Kier alpha value is 0.619. The van der Waals surface area contributed by atoms with E-state index in [4.69, 9.17) is 13.0 Å². The van der Waals surface area contributed by atoms with Gasteiger partial charge in [-0.3, -0.25) is 0 Å². The van der Waals surface area contributed by atoms with Crippen molar-refractivity contribution in [2.24, 2.45) is 0 Å². The highest BCUT2D eigenvalue weighted by molar-refractivity contribution is 8.03. The van der Waals surface area contributed by atoms with E-state index in [1.54, 1.807) is 7.06 Å². The van der Waals surface area contributed by atoms with Gasteiger partial charge in [0.15, 0.2) is 0 Å². The van der Waals surface area contributed by atoms with Crippen molar-refractivity contribution in [1.82, 2.24) is 0 Å². The molecule has 12 radical (unpaired) electrons. The second-order valence-electron chi connectivity index (χ2n) is 4.14. The molecule has 74 valence electrons. The fourth-order valence-corrected chi connectivity index (χ4v) is 2.70. The summed E-state index contributed by atoms with van der Waals surface area (Å²) in [5.41, 5.74) is 0. The van der Waals surface area contributed by atoms with E-state index in [1.807, 2.05) is 54.1 Å². The van der Waals surface area contributed by atoms with Gasteiger partial charge in [-0.25, -0.2) is 0 Å². The van der Waals surface area contributed by atoms with Crippen LogP contribution in [0.2, 0.25) is 6.32 Å². The molecule has 1 nitrogen and oxygen atoms in total. The largest absolute Gasteiger partial charge is 0.198 e. The molecule has 19 heavy (non-hydrogen) atoms. The van der Waals surface area contributed by atoms with Gasteiger partial charge in [-0.15, -0.1) is 0 Å². The lowest BCUT2D eigenvalue weighted by Gasteiger charge is -1.97. The number of thioether (sulfide) groups is 1. The van der Waals surface area contributed by atoms with Gasteiger partial charge in [0.05, 0.1) is 6.07 Å². The van der Waals surface area contributed by atoms with Gasteiger partial charge in [-0.2, -0.15) is 17.0 Å². The van der Waals surface area contributed by atoms with Gasteiger partial charge < -0.3 is 0 Å². The van der Waals surface area contributed by atoms with Gasteiger partial charge in [0.2, 0.25) is 0 Å². The summed E-state index contributed by atoms with van der Waals surface area (Å²) in [5, 5.41) is 9.19. The lowest BCUT2D eigenvalue weighted by atomic mass is 8.86. The van der Waals surface area contributed by atoms with Crippen molar-refractivity contribution < 1.29 is 0 Å². The standard InChI is InChI=1S/C5H7B12NS/c6-7-8-9-10-11-12-13-14-15-16-17-4-5(17)19-3-1-2-18/h5H,1,3-4H2. The number of nitrogens with zero attached hydrogens (tertiary/aromatic N) is 1. The van der Waals surface area contributed by atoms with Crippen LogP contribution < -0.4 is 0 Å². The Morgan fingerprint density at radius 3 is 2.37 bits per heavy atom.